The molecule has 1 aliphatic heterocycles. The van der Waals surface area contributed by atoms with Crippen molar-refractivity contribution in [1.29, 1.82) is 0 Å². The van der Waals surface area contributed by atoms with Gasteiger partial charge in [0.1, 0.15) is 11.6 Å². The summed E-state index contributed by atoms with van der Waals surface area (Å²) >= 11 is 0. The highest BCUT2D eigenvalue weighted by Gasteiger charge is 2.23. The lowest BCUT2D eigenvalue weighted by Gasteiger charge is -2.23. The quantitative estimate of drug-likeness (QED) is 0.907. The van der Waals surface area contributed by atoms with Crippen molar-refractivity contribution in [2.24, 2.45) is 0 Å². The van der Waals surface area contributed by atoms with Gasteiger partial charge in [0, 0.05) is 6.07 Å². The van der Waals surface area contributed by atoms with Crippen molar-refractivity contribution in [1.82, 2.24) is 20.3 Å². The van der Waals surface area contributed by atoms with E-state index >= 15 is 0 Å². The third-order valence-corrected chi connectivity index (χ3v) is 3.98. The van der Waals surface area contributed by atoms with Crippen LogP contribution in [0.4, 0.5) is 14.5 Å². The fourth-order valence-corrected chi connectivity index (χ4v) is 2.72. The monoisotopic (exact) mass is 321 g/mol. The summed E-state index contributed by atoms with van der Waals surface area (Å²) < 4.78 is 28.3. The van der Waals surface area contributed by atoms with Gasteiger partial charge >= 0.3 is 0 Å². The SMILES string of the molecule is Cc1c(C(=O)Nc2ccc(F)cc2F)nnn1C1CCNCC1. The van der Waals surface area contributed by atoms with E-state index in [4.69, 9.17) is 0 Å². The highest BCUT2D eigenvalue weighted by atomic mass is 19.1. The number of amides is 1. The second-order valence-corrected chi connectivity index (χ2v) is 5.53. The summed E-state index contributed by atoms with van der Waals surface area (Å²) in [6, 6.07) is 3.17. The van der Waals surface area contributed by atoms with Gasteiger partial charge in [0.15, 0.2) is 5.69 Å². The third kappa shape index (κ3) is 3.21. The Labute approximate surface area is 131 Å². The minimum Gasteiger partial charge on any atom is -0.318 e. The largest absolute Gasteiger partial charge is 0.318 e. The molecule has 2 N–H and O–H groups in total. The fourth-order valence-electron chi connectivity index (χ4n) is 2.72. The van der Waals surface area contributed by atoms with Crippen LogP contribution in [0.5, 0.6) is 0 Å². The number of benzene rings is 1. The van der Waals surface area contributed by atoms with Crippen LogP contribution in [0.3, 0.4) is 0 Å². The minimum atomic E-state index is -0.832. The first kappa shape index (κ1) is 15.5. The third-order valence-electron chi connectivity index (χ3n) is 3.98. The van der Waals surface area contributed by atoms with E-state index in [2.05, 4.69) is 20.9 Å². The van der Waals surface area contributed by atoms with Gasteiger partial charge in [-0.15, -0.1) is 5.10 Å². The number of carbonyl (C=O) groups excluding carboxylic acids is 1. The number of halogens is 2. The molecule has 0 spiro atoms. The second-order valence-electron chi connectivity index (χ2n) is 5.53. The number of piperidine rings is 1. The van der Waals surface area contributed by atoms with E-state index in [1.54, 1.807) is 11.6 Å². The first-order valence-corrected chi connectivity index (χ1v) is 7.45. The molecule has 0 aliphatic carbocycles. The molecule has 8 heteroatoms. The topological polar surface area (TPSA) is 71.8 Å². The summed E-state index contributed by atoms with van der Waals surface area (Å²) in [5.74, 6) is -2.09. The Balaban J connectivity index is 1.78. The summed E-state index contributed by atoms with van der Waals surface area (Å²) in [6.45, 7) is 3.55. The number of anilines is 1. The van der Waals surface area contributed by atoms with E-state index in [1.165, 1.54) is 6.07 Å². The van der Waals surface area contributed by atoms with Crippen LogP contribution < -0.4 is 10.6 Å². The van der Waals surface area contributed by atoms with Gasteiger partial charge in [-0.05, 0) is 45.0 Å². The predicted octanol–water partition coefficient (Wildman–Crippen LogP) is 2.04. The number of hydrogen-bond donors (Lipinski definition) is 2. The van der Waals surface area contributed by atoms with Gasteiger partial charge in [-0.25, -0.2) is 13.5 Å². The molecule has 1 aromatic carbocycles. The molecule has 2 aromatic rings. The zero-order valence-electron chi connectivity index (χ0n) is 12.6. The molecule has 1 amide bonds. The van der Waals surface area contributed by atoms with Crippen LogP contribution in [0.25, 0.3) is 0 Å². The van der Waals surface area contributed by atoms with Gasteiger partial charge in [0.25, 0.3) is 5.91 Å². The Morgan fingerprint density at radius 1 is 1.35 bits per heavy atom. The first-order valence-electron chi connectivity index (χ1n) is 7.45. The first-order chi connectivity index (χ1) is 11.1. The Hall–Kier alpha value is -2.35. The molecule has 2 heterocycles. The molecule has 122 valence electrons. The van der Waals surface area contributed by atoms with E-state index in [1.807, 2.05) is 0 Å². The molecule has 1 aromatic heterocycles. The number of hydrogen-bond acceptors (Lipinski definition) is 4. The zero-order valence-corrected chi connectivity index (χ0v) is 12.6. The molecule has 0 unspecified atom stereocenters. The maximum absolute atomic E-state index is 13.6. The zero-order chi connectivity index (χ0) is 16.4. The number of aromatic nitrogens is 3. The van der Waals surface area contributed by atoms with E-state index in [9.17, 15) is 13.6 Å². The van der Waals surface area contributed by atoms with Crippen molar-refractivity contribution in [2.75, 3.05) is 18.4 Å². The molecule has 1 saturated heterocycles. The van der Waals surface area contributed by atoms with Crippen molar-refractivity contribution in [2.45, 2.75) is 25.8 Å². The van der Waals surface area contributed by atoms with Crippen LogP contribution in [-0.4, -0.2) is 34.0 Å². The van der Waals surface area contributed by atoms with Crippen LogP contribution in [0.2, 0.25) is 0 Å². The standard InChI is InChI=1S/C15H17F2N5O/c1-9-14(20-21-22(9)11-4-6-18-7-5-11)15(23)19-13-3-2-10(16)8-12(13)17/h2-3,8,11,18H,4-7H2,1H3,(H,19,23). The highest BCUT2D eigenvalue weighted by molar-refractivity contribution is 6.03. The van der Waals surface area contributed by atoms with E-state index in [0.717, 1.165) is 32.0 Å². The molecule has 1 fully saturated rings. The highest BCUT2D eigenvalue weighted by Crippen LogP contribution is 2.21. The molecule has 0 bridgehead atoms. The van der Waals surface area contributed by atoms with Crippen LogP contribution in [0.15, 0.2) is 18.2 Å². The summed E-state index contributed by atoms with van der Waals surface area (Å²) in [5, 5.41) is 13.6. The maximum Gasteiger partial charge on any atom is 0.278 e. The molecule has 1 aliphatic rings. The second kappa shape index (κ2) is 6.41. The van der Waals surface area contributed by atoms with Crippen molar-refractivity contribution < 1.29 is 13.6 Å². The van der Waals surface area contributed by atoms with Gasteiger partial charge in [-0.1, -0.05) is 5.21 Å². The van der Waals surface area contributed by atoms with Crippen molar-refractivity contribution in [3.05, 3.63) is 41.2 Å². The predicted molar refractivity (Wildman–Crippen MR) is 80.2 cm³/mol. The fraction of sp³-hybridized carbons (Fsp3) is 0.400. The van der Waals surface area contributed by atoms with Crippen LogP contribution >= 0.6 is 0 Å². The molecule has 0 atom stereocenters. The van der Waals surface area contributed by atoms with Crippen molar-refractivity contribution in [3.63, 3.8) is 0 Å². The average molecular weight is 321 g/mol. The van der Waals surface area contributed by atoms with E-state index in [-0.39, 0.29) is 17.4 Å². The molecular weight excluding hydrogens is 304 g/mol. The summed E-state index contributed by atoms with van der Waals surface area (Å²) in [6.07, 6.45) is 1.83. The van der Waals surface area contributed by atoms with Gasteiger partial charge in [0.2, 0.25) is 0 Å². The number of nitrogens with one attached hydrogen (secondary N) is 2. The van der Waals surface area contributed by atoms with Gasteiger partial charge < -0.3 is 10.6 Å². The van der Waals surface area contributed by atoms with Crippen LogP contribution in [0, 0.1) is 18.6 Å². The number of nitrogens with zero attached hydrogens (tertiary/aromatic N) is 3. The molecule has 23 heavy (non-hydrogen) atoms. The average Bonchev–Trinajstić information content (AvgIpc) is 2.92. The van der Waals surface area contributed by atoms with Crippen LogP contribution in [0.1, 0.15) is 35.1 Å². The summed E-state index contributed by atoms with van der Waals surface area (Å²) in [5.41, 5.74) is 0.691. The maximum atomic E-state index is 13.6. The molecule has 6 nitrogen and oxygen atoms in total. The van der Waals surface area contributed by atoms with E-state index < -0.39 is 17.5 Å². The minimum absolute atomic E-state index is 0.0905. The van der Waals surface area contributed by atoms with E-state index in [0.29, 0.717) is 11.8 Å². The Kier molecular flexibility index (Phi) is 4.33. The smallest absolute Gasteiger partial charge is 0.278 e. The molecule has 0 radical (unpaired) electrons. The van der Waals surface area contributed by atoms with Crippen LogP contribution in [-0.2, 0) is 0 Å². The number of rotatable bonds is 3. The normalized spacial score (nSPS) is 15.6. The van der Waals surface area contributed by atoms with Gasteiger partial charge in [-0.2, -0.15) is 0 Å². The summed E-state index contributed by atoms with van der Waals surface area (Å²) in [4.78, 5) is 12.3. The van der Waals surface area contributed by atoms with Crippen molar-refractivity contribution >= 4 is 11.6 Å². The molecule has 3 rings (SSSR count). The lowest BCUT2D eigenvalue weighted by Crippen LogP contribution is -2.30. The summed E-state index contributed by atoms with van der Waals surface area (Å²) in [7, 11) is 0. The lowest BCUT2D eigenvalue weighted by molar-refractivity contribution is 0.102. The lowest BCUT2D eigenvalue weighted by atomic mass is 10.1. The van der Waals surface area contributed by atoms with Gasteiger partial charge in [-0.3, -0.25) is 4.79 Å². The number of carbonyl (C=O) groups is 1. The molecule has 0 saturated carbocycles. The van der Waals surface area contributed by atoms with Crippen molar-refractivity contribution in [3.8, 4) is 0 Å². The van der Waals surface area contributed by atoms with Gasteiger partial charge in [0.05, 0.1) is 17.4 Å². The molecular formula is C15H17F2N5O. The Bertz CT molecular complexity index is 725. The Morgan fingerprint density at radius 3 is 2.78 bits per heavy atom. The Morgan fingerprint density at radius 2 is 2.09 bits per heavy atom.